The van der Waals surface area contributed by atoms with Crippen molar-refractivity contribution in [2.45, 2.75) is 36.8 Å². The predicted molar refractivity (Wildman–Crippen MR) is 104 cm³/mol. The van der Waals surface area contributed by atoms with Gasteiger partial charge in [0.25, 0.3) is 0 Å². The zero-order valence-corrected chi connectivity index (χ0v) is 16.4. The molecule has 2 heterocycles. The second-order valence-electron chi connectivity index (χ2n) is 6.46. The highest BCUT2D eigenvalue weighted by atomic mass is 35.5. The minimum atomic E-state index is -0.645. The molecule has 140 valence electrons. The molecule has 0 aliphatic carbocycles. The maximum Gasteiger partial charge on any atom is 0.186 e. The molecule has 1 aliphatic heterocycles. The van der Waals surface area contributed by atoms with E-state index in [4.69, 9.17) is 16.3 Å². The van der Waals surface area contributed by atoms with Crippen LogP contribution >= 0.6 is 23.4 Å². The molecule has 1 saturated heterocycles. The third kappa shape index (κ3) is 3.61. The molecule has 0 unspecified atom stereocenters. The molecule has 0 amide bonds. The topological polar surface area (TPSA) is 43.2 Å². The number of rotatable bonds is 7. The number of hydrogen-bond acceptors (Lipinski definition) is 4. The fourth-order valence-electron chi connectivity index (χ4n) is 3.23. The van der Waals surface area contributed by atoms with Crippen molar-refractivity contribution in [3.8, 4) is 0 Å². The van der Waals surface area contributed by atoms with E-state index in [0.717, 1.165) is 28.5 Å². The van der Waals surface area contributed by atoms with Gasteiger partial charge in [0.15, 0.2) is 5.16 Å². The average molecular weight is 404 g/mol. The van der Waals surface area contributed by atoms with E-state index >= 15 is 0 Å². The third-order valence-electron chi connectivity index (χ3n) is 4.61. The monoisotopic (exact) mass is 403 g/mol. The molecular formula is C20H19ClFN3OS. The highest BCUT2D eigenvalue weighted by Crippen LogP contribution is 2.59. The maximum atomic E-state index is 13.5. The van der Waals surface area contributed by atoms with E-state index in [1.807, 2.05) is 28.9 Å². The lowest BCUT2D eigenvalue weighted by atomic mass is 9.91. The maximum absolute atomic E-state index is 13.5. The van der Waals surface area contributed by atoms with Crippen molar-refractivity contribution in [2.75, 3.05) is 5.75 Å². The van der Waals surface area contributed by atoms with Gasteiger partial charge in [0.2, 0.25) is 0 Å². The van der Waals surface area contributed by atoms with Gasteiger partial charge in [-0.25, -0.2) is 14.1 Å². The zero-order valence-electron chi connectivity index (χ0n) is 14.8. The van der Waals surface area contributed by atoms with E-state index in [-0.39, 0.29) is 11.9 Å². The van der Waals surface area contributed by atoms with Crippen molar-refractivity contribution < 1.29 is 9.13 Å². The van der Waals surface area contributed by atoms with Crippen LogP contribution in [0.1, 0.15) is 30.6 Å². The fourth-order valence-corrected chi connectivity index (χ4v) is 4.24. The van der Waals surface area contributed by atoms with Gasteiger partial charge < -0.3 is 4.74 Å². The van der Waals surface area contributed by atoms with Gasteiger partial charge in [-0.05, 0) is 30.2 Å². The van der Waals surface area contributed by atoms with Crippen molar-refractivity contribution in [3.63, 3.8) is 0 Å². The Labute approximate surface area is 166 Å². The number of halogens is 2. The summed E-state index contributed by atoms with van der Waals surface area (Å²) in [5, 5.41) is 5.90. The summed E-state index contributed by atoms with van der Waals surface area (Å²) < 4.78 is 21.6. The van der Waals surface area contributed by atoms with Gasteiger partial charge in [0.05, 0.1) is 6.54 Å². The van der Waals surface area contributed by atoms with Gasteiger partial charge in [0, 0.05) is 16.3 Å². The first-order valence-electron chi connectivity index (χ1n) is 8.83. The largest absolute Gasteiger partial charge is 0.354 e. The molecule has 2 atom stereocenters. The standard InChI is InChI=1S/C20H19ClFN3OS/c1-2-11-27-19-23-13-24-25(19)12-20(14-7-9-15(22)10-8-14)18(26-20)16-5-3-4-6-17(16)21/h3-10,13,18H,2,11-12H2,1H3/t18-,20-/m1/s1. The normalized spacial score (nSPS) is 21.4. The second kappa shape index (κ2) is 7.62. The van der Waals surface area contributed by atoms with Crippen LogP contribution in [0.25, 0.3) is 0 Å². The van der Waals surface area contributed by atoms with Crippen LogP contribution in [0.5, 0.6) is 0 Å². The smallest absolute Gasteiger partial charge is 0.186 e. The number of aromatic nitrogens is 3. The highest BCUT2D eigenvalue weighted by Gasteiger charge is 2.59. The van der Waals surface area contributed by atoms with E-state index in [2.05, 4.69) is 17.0 Å². The number of ether oxygens (including phenoxy) is 1. The van der Waals surface area contributed by atoms with Crippen LogP contribution in [-0.2, 0) is 16.9 Å². The molecule has 1 aromatic heterocycles. The molecule has 4 nitrogen and oxygen atoms in total. The number of hydrogen-bond donors (Lipinski definition) is 0. The van der Waals surface area contributed by atoms with Gasteiger partial charge in [-0.2, -0.15) is 5.10 Å². The van der Waals surface area contributed by atoms with E-state index in [1.165, 1.54) is 12.1 Å². The molecule has 0 saturated carbocycles. The Balaban J connectivity index is 1.70. The minimum Gasteiger partial charge on any atom is -0.354 e. The summed E-state index contributed by atoms with van der Waals surface area (Å²) >= 11 is 8.07. The average Bonchev–Trinajstić information content (AvgIpc) is 3.22. The molecule has 2 aromatic carbocycles. The van der Waals surface area contributed by atoms with Crippen LogP contribution < -0.4 is 0 Å². The summed E-state index contributed by atoms with van der Waals surface area (Å²) in [6.07, 6.45) is 2.40. The number of epoxide rings is 1. The van der Waals surface area contributed by atoms with Crippen LogP contribution in [0.4, 0.5) is 4.39 Å². The minimum absolute atomic E-state index is 0.218. The molecule has 4 rings (SSSR count). The van der Waals surface area contributed by atoms with E-state index in [0.29, 0.717) is 11.6 Å². The summed E-state index contributed by atoms with van der Waals surface area (Å²) in [4.78, 5) is 4.36. The molecule has 0 bridgehead atoms. The van der Waals surface area contributed by atoms with Crippen LogP contribution in [-0.4, -0.2) is 20.5 Å². The highest BCUT2D eigenvalue weighted by molar-refractivity contribution is 7.99. The van der Waals surface area contributed by atoms with Crippen molar-refractivity contribution in [2.24, 2.45) is 0 Å². The van der Waals surface area contributed by atoms with E-state index < -0.39 is 5.60 Å². The van der Waals surface area contributed by atoms with Gasteiger partial charge in [0.1, 0.15) is 23.8 Å². The SMILES string of the molecule is CCCSc1ncnn1C[C@]1(c2ccc(F)cc2)O[C@@H]1c1ccccc1Cl. The predicted octanol–water partition coefficient (Wildman–Crippen LogP) is 5.24. The molecule has 1 fully saturated rings. The molecule has 27 heavy (non-hydrogen) atoms. The van der Waals surface area contributed by atoms with Crippen molar-refractivity contribution in [3.05, 3.63) is 76.8 Å². The van der Waals surface area contributed by atoms with Crippen LogP contribution in [0, 0.1) is 5.82 Å². The van der Waals surface area contributed by atoms with Gasteiger partial charge >= 0.3 is 0 Å². The van der Waals surface area contributed by atoms with Gasteiger partial charge in [-0.15, -0.1) is 0 Å². The Morgan fingerprint density at radius 2 is 2.00 bits per heavy atom. The molecular weight excluding hydrogens is 385 g/mol. The fraction of sp³-hybridized carbons (Fsp3) is 0.300. The van der Waals surface area contributed by atoms with Crippen LogP contribution in [0.15, 0.2) is 60.0 Å². The third-order valence-corrected chi connectivity index (χ3v) is 6.15. The van der Waals surface area contributed by atoms with E-state index in [1.54, 1.807) is 30.2 Å². The van der Waals surface area contributed by atoms with Gasteiger partial charge in [-0.1, -0.05) is 60.6 Å². The number of benzene rings is 2. The summed E-state index contributed by atoms with van der Waals surface area (Å²) in [5.74, 6) is 0.695. The van der Waals surface area contributed by atoms with Crippen molar-refractivity contribution >= 4 is 23.4 Å². The summed E-state index contributed by atoms with van der Waals surface area (Å²) in [7, 11) is 0. The number of thioether (sulfide) groups is 1. The zero-order chi connectivity index (χ0) is 18.9. The lowest BCUT2D eigenvalue weighted by molar-refractivity contribution is 0.256. The lowest BCUT2D eigenvalue weighted by Gasteiger charge is -2.16. The second-order valence-corrected chi connectivity index (χ2v) is 7.93. The summed E-state index contributed by atoms with van der Waals surface area (Å²) in [5.41, 5.74) is 1.18. The first-order chi connectivity index (χ1) is 13.1. The molecule has 7 heteroatoms. The van der Waals surface area contributed by atoms with Crippen molar-refractivity contribution in [1.82, 2.24) is 14.8 Å². The molecule has 1 aliphatic rings. The van der Waals surface area contributed by atoms with Gasteiger partial charge in [-0.3, -0.25) is 0 Å². The Morgan fingerprint density at radius 3 is 2.74 bits per heavy atom. The Bertz CT molecular complexity index is 933. The van der Waals surface area contributed by atoms with Crippen LogP contribution in [0.3, 0.4) is 0 Å². The molecule has 0 radical (unpaired) electrons. The molecule has 0 N–H and O–H groups in total. The van der Waals surface area contributed by atoms with E-state index in [9.17, 15) is 4.39 Å². The molecule has 0 spiro atoms. The number of nitrogens with zero attached hydrogens (tertiary/aromatic N) is 3. The molecule has 3 aromatic rings. The quantitative estimate of drug-likeness (QED) is 0.399. The Hall–Kier alpha value is -1.89. The Morgan fingerprint density at radius 1 is 1.22 bits per heavy atom. The first-order valence-corrected chi connectivity index (χ1v) is 10.2. The van der Waals surface area contributed by atoms with Crippen LogP contribution in [0.2, 0.25) is 5.02 Å². The van der Waals surface area contributed by atoms with Crippen molar-refractivity contribution in [1.29, 1.82) is 0 Å². The summed E-state index contributed by atoms with van der Waals surface area (Å²) in [6.45, 7) is 2.62. The summed E-state index contributed by atoms with van der Waals surface area (Å²) in [6, 6.07) is 14.1. The first kappa shape index (κ1) is 18.5. The Kier molecular flexibility index (Phi) is 5.21. The lowest BCUT2D eigenvalue weighted by Crippen LogP contribution is -2.20.